The molecule has 0 aliphatic heterocycles. The summed E-state index contributed by atoms with van der Waals surface area (Å²) in [6, 6.07) is 0. The van der Waals surface area contributed by atoms with Crippen LogP contribution >= 0.6 is 0 Å². The van der Waals surface area contributed by atoms with Crippen LogP contribution in [0.5, 0.6) is 0 Å². The molecule has 0 atom stereocenters. The lowest BCUT2D eigenvalue weighted by atomic mass is 11.8. The third-order valence-electron chi connectivity index (χ3n) is 1.62. The summed E-state index contributed by atoms with van der Waals surface area (Å²) in [6.45, 7) is 14.4. The van der Waals surface area contributed by atoms with Crippen LogP contribution in [-0.4, -0.2) is 23.2 Å². The summed E-state index contributed by atoms with van der Waals surface area (Å²) in [5, 5.41) is 6.25. The molecule has 0 unspecified atom stereocenters. The SMILES string of the molecule is C[Si](C)(C)[Si](N)[Si](C)(C)C. The van der Waals surface area contributed by atoms with Gasteiger partial charge in [0.1, 0.15) is 7.99 Å². The fraction of sp³-hybridized carbons (Fsp3) is 1.00. The van der Waals surface area contributed by atoms with E-state index in [4.69, 9.17) is 5.40 Å². The molecular weight excluding hydrogens is 170 g/mol. The lowest BCUT2D eigenvalue weighted by molar-refractivity contribution is 1.73. The predicted octanol–water partition coefficient (Wildman–Crippen LogP) is 1.77. The van der Waals surface area contributed by atoms with Crippen LogP contribution in [0.4, 0.5) is 0 Å². The molecule has 0 heterocycles. The molecule has 0 saturated carbocycles. The molecule has 1 nitrogen and oxygen atoms in total. The highest BCUT2D eigenvalue weighted by molar-refractivity contribution is 7.59. The number of hydrogen-bond acceptors (Lipinski definition) is 1. The van der Waals surface area contributed by atoms with Crippen molar-refractivity contribution in [3.8, 4) is 0 Å². The second-order valence-electron chi connectivity index (χ2n) is 4.91. The molecule has 0 rings (SSSR count). The van der Waals surface area contributed by atoms with E-state index in [1.54, 1.807) is 0 Å². The molecule has 0 aliphatic rings. The van der Waals surface area contributed by atoms with Crippen molar-refractivity contribution < 1.29 is 0 Å². The Morgan fingerprint density at radius 1 is 0.800 bits per heavy atom. The fourth-order valence-electron chi connectivity index (χ4n) is 1.12. The molecule has 0 aliphatic carbocycles. The third kappa shape index (κ3) is 3.14. The van der Waals surface area contributed by atoms with Gasteiger partial charge in [0.2, 0.25) is 0 Å². The van der Waals surface area contributed by atoms with Crippen LogP contribution in [0.3, 0.4) is 0 Å². The molecule has 0 saturated heterocycles. The van der Waals surface area contributed by atoms with Crippen LogP contribution in [0.15, 0.2) is 0 Å². The monoisotopic (exact) mass is 190 g/mol. The third-order valence-corrected chi connectivity index (χ3v) is 28.0. The molecule has 0 aromatic carbocycles. The van der Waals surface area contributed by atoms with Gasteiger partial charge in [-0.2, -0.15) is 0 Å². The van der Waals surface area contributed by atoms with E-state index in [0.29, 0.717) is 0 Å². The first kappa shape index (κ1) is 10.6. The van der Waals surface area contributed by atoms with Crippen molar-refractivity contribution in [3.05, 3.63) is 0 Å². The summed E-state index contributed by atoms with van der Waals surface area (Å²) in [7, 11) is -2.35. The summed E-state index contributed by atoms with van der Waals surface area (Å²) in [4.78, 5) is 0. The Labute approximate surface area is 68.3 Å². The van der Waals surface area contributed by atoms with Crippen LogP contribution < -0.4 is 5.40 Å². The van der Waals surface area contributed by atoms with Gasteiger partial charge < -0.3 is 5.40 Å². The molecule has 0 aromatic rings. The van der Waals surface area contributed by atoms with Crippen LogP contribution in [-0.2, 0) is 0 Å². The van der Waals surface area contributed by atoms with Gasteiger partial charge in [-0.05, 0) is 0 Å². The Balaban J connectivity index is 4.23. The summed E-state index contributed by atoms with van der Waals surface area (Å²) in [5.74, 6) is 0. The highest BCUT2D eigenvalue weighted by Crippen LogP contribution is 2.12. The van der Waals surface area contributed by atoms with Crippen molar-refractivity contribution in [2.45, 2.75) is 39.3 Å². The van der Waals surface area contributed by atoms with E-state index in [0.717, 1.165) is 0 Å². The summed E-state index contributed by atoms with van der Waals surface area (Å²) < 4.78 is 0. The molecule has 1 radical (unpaired) electrons. The summed E-state index contributed by atoms with van der Waals surface area (Å²) in [6.07, 6.45) is 0. The number of hydrogen-bond donors (Lipinski definition) is 1. The Hall–Kier alpha value is 0.611. The van der Waals surface area contributed by atoms with E-state index >= 15 is 0 Å². The van der Waals surface area contributed by atoms with Crippen LogP contribution in [0.25, 0.3) is 0 Å². The fourth-order valence-corrected chi connectivity index (χ4v) is 30.4. The zero-order chi connectivity index (χ0) is 8.58. The summed E-state index contributed by atoms with van der Waals surface area (Å²) in [5.41, 5.74) is 0. The first-order valence-corrected chi connectivity index (χ1v) is 14.4. The van der Waals surface area contributed by atoms with Crippen LogP contribution in [0.2, 0.25) is 39.3 Å². The lowest BCUT2D eigenvalue weighted by Gasteiger charge is -2.32. The van der Waals surface area contributed by atoms with Crippen molar-refractivity contribution in [2.24, 2.45) is 5.40 Å². The smallest absolute Gasteiger partial charge is 0.107 e. The van der Waals surface area contributed by atoms with Crippen molar-refractivity contribution in [1.29, 1.82) is 0 Å². The molecular formula is C6H20NSi3. The van der Waals surface area contributed by atoms with Gasteiger partial charge in [-0.15, -0.1) is 0 Å². The Bertz CT molecular complexity index is 97.1. The second-order valence-corrected chi connectivity index (χ2v) is 28.5. The Morgan fingerprint density at radius 2 is 1.00 bits per heavy atom. The maximum atomic E-state index is 6.25. The van der Waals surface area contributed by atoms with E-state index in [9.17, 15) is 0 Å². The zero-order valence-corrected chi connectivity index (χ0v) is 11.1. The minimum atomic E-state index is -0.955. The molecule has 0 bridgehead atoms. The largest absolute Gasteiger partial charge is 0.356 e. The maximum absolute atomic E-state index is 6.25. The van der Waals surface area contributed by atoms with Gasteiger partial charge in [-0.25, -0.2) is 0 Å². The highest BCUT2D eigenvalue weighted by Gasteiger charge is 2.36. The molecule has 0 aromatic heterocycles. The van der Waals surface area contributed by atoms with Gasteiger partial charge in [0.15, 0.2) is 0 Å². The summed E-state index contributed by atoms with van der Waals surface area (Å²) >= 11 is 0. The highest BCUT2D eigenvalue weighted by atomic mass is 29.6. The van der Waals surface area contributed by atoms with Crippen molar-refractivity contribution in [2.75, 3.05) is 0 Å². The topological polar surface area (TPSA) is 26.0 Å². The molecule has 61 valence electrons. The van der Waals surface area contributed by atoms with E-state index in [2.05, 4.69) is 39.3 Å². The van der Waals surface area contributed by atoms with Gasteiger partial charge in [0.05, 0.1) is 15.2 Å². The maximum Gasteiger partial charge on any atom is 0.107 e. The van der Waals surface area contributed by atoms with E-state index < -0.39 is 23.2 Å². The number of nitrogens with two attached hydrogens (primary N) is 1. The first-order valence-electron chi connectivity index (χ1n) is 3.79. The van der Waals surface area contributed by atoms with Gasteiger partial charge in [-0.3, -0.25) is 0 Å². The van der Waals surface area contributed by atoms with E-state index in [1.807, 2.05) is 0 Å². The molecule has 2 N–H and O–H groups in total. The Morgan fingerprint density at radius 3 is 1.00 bits per heavy atom. The minimum Gasteiger partial charge on any atom is -0.356 e. The van der Waals surface area contributed by atoms with Crippen molar-refractivity contribution in [1.82, 2.24) is 0 Å². The van der Waals surface area contributed by atoms with E-state index in [-0.39, 0.29) is 0 Å². The quantitative estimate of drug-likeness (QED) is 0.660. The standard InChI is InChI=1S/C6H20NSi3/c1-9(2,3)8(7)10(4,5)6/h7H2,1-6H3. The average molecular weight is 190 g/mol. The van der Waals surface area contributed by atoms with Crippen LogP contribution in [0.1, 0.15) is 0 Å². The minimum absolute atomic E-state index is 0.443. The Kier molecular flexibility index (Phi) is 3.10. The molecule has 4 heteroatoms. The number of rotatable bonds is 2. The molecule has 0 spiro atoms. The van der Waals surface area contributed by atoms with Gasteiger partial charge in [0.25, 0.3) is 0 Å². The van der Waals surface area contributed by atoms with Crippen molar-refractivity contribution in [3.63, 3.8) is 0 Å². The van der Waals surface area contributed by atoms with Crippen LogP contribution in [0, 0.1) is 0 Å². The molecule has 0 fully saturated rings. The van der Waals surface area contributed by atoms with Gasteiger partial charge in [-0.1, -0.05) is 39.3 Å². The van der Waals surface area contributed by atoms with Gasteiger partial charge >= 0.3 is 0 Å². The molecule has 10 heavy (non-hydrogen) atoms. The van der Waals surface area contributed by atoms with Gasteiger partial charge in [0, 0.05) is 0 Å². The predicted molar refractivity (Wildman–Crippen MR) is 56.6 cm³/mol. The molecule has 0 amide bonds. The van der Waals surface area contributed by atoms with Crippen molar-refractivity contribution >= 4 is 23.2 Å². The normalized spacial score (nSPS) is 14.4. The second kappa shape index (κ2) is 2.92. The zero-order valence-electron chi connectivity index (χ0n) is 8.08. The van der Waals surface area contributed by atoms with E-state index in [1.165, 1.54) is 0 Å². The lowest BCUT2D eigenvalue weighted by Crippen LogP contribution is -2.64. The average Bonchev–Trinajstić information content (AvgIpc) is 1.59. The first-order chi connectivity index (χ1) is 4.15.